The van der Waals surface area contributed by atoms with Gasteiger partial charge in [-0.15, -0.1) is 0 Å². The van der Waals surface area contributed by atoms with E-state index in [0.29, 0.717) is 25.8 Å². The van der Waals surface area contributed by atoms with Gasteiger partial charge >= 0.3 is 0 Å². The molecule has 1 saturated carbocycles. The standard InChI is InChI=1S/C16H22N2O5S/c19-15(4-1-8-17-16(20)14-3-2-9-23-14)18(12-5-6-12)13-7-10-24(21,22)11-13/h2-3,9,12-13H,1,4-8,10-11H2,(H,17,20). The molecule has 2 fully saturated rings. The molecular weight excluding hydrogens is 332 g/mol. The highest BCUT2D eigenvalue weighted by molar-refractivity contribution is 7.91. The third kappa shape index (κ3) is 4.17. The second kappa shape index (κ2) is 6.96. The first-order valence-corrected chi connectivity index (χ1v) is 10.1. The smallest absolute Gasteiger partial charge is 0.286 e. The topological polar surface area (TPSA) is 96.7 Å². The van der Waals surface area contributed by atoms with Gasteiger partial charge in [-0.1, -0.05) is 0 Å². The number of nitrogens with zero attached hydrogens (tertiary/aromatic N) is 1. The van der Waals surface area contributed by atoms with Crippen molar-refractivity contribution < 1.29 is 22.4 Å². The fourth-order valence-electron chi connectivity index (χ4n) is 3.12. The fourth-order valence-corrected chi connectivity index (χ4v) is 4.83. The van der Waals surface area contributed by atoms with Gasteiger partial charge in [0, 0.05) is 25.0 Å². The summed E-state index contributed by atoms with van der Waals surface area (Å²) in [5.41, 5.74) is 0. The number of hydrogen-bond acceptors (Lipinski definition) is 5. The highest BCUT2D eigenvalue weighted by atomic mass is 32.2. The van der Waals surface area contributed by atoms with Gasteiger partial charge in [-0.05, 0) is 37.8 Å². The maximum atomic E-state index is 12.5. The lowest BCUT2D eigenvalue weighted by molar-refractivity contribution is -0.133. The Labute approximate surface area is 141 Å². The normalized spacial score (nSPS) is 22.2. The van der Waals surface area contributed by atoms with Crippen LogP contribution >= 0.6 is 0 Å². The highest BCUT2D eigenvalue weighted by Gasteiger charge is 2.41. The van der Waals surface area contributed by atoms with Crippen LogP contribution in [0.1, 0.15) is 42.7 Å². The van der Waals surface area contributed by atoms with Gasteiger partial charge in [-0.3, -0.25) is 9.59 Å². The lowest BCUT2D eigenvalue weighted by Gasteiger charge is -2.28. The first kappa shape index (κ1) is 17.0. The van der Waals surface area contributed by atoms with E-state index in [1.54, 1.807) is 17.0 Å². The van der Waals surface area contributed by atoms with E-state index in [1.807, 2.05) is 0 Å². The maximum Gasteiger partial charge on any atom is 0.286 e. The summed E-state index contributed by atoms with van der Waals surface area (Å²) < 4.78 is 28.3. The molecule has 2 aliphatic rings. The summed E-state index contributed by atoms with van der Waals surface area (Å²) in [4.78, 5) is 26.0. The lowest BCUT2D eigenvalue weighted by atomic mass is 10.2. The van der Waals surface area contributed by atoms with Gasteiger partial charge < -0.3 is 14.6 Å². The maximum absolute atomic E-state index is 12.5. The Bertz CT molecular complexity index is 694. The number of sulfone groups is 1. The molecule has 1 aromatic heterocycles. The average Bonchev–Trinajstić information content (AvgIpc) is 3.07. The number of rotatable bonds is 7. The predicted octanol–water partition coefficient (Wildman–Crippen LogP) is 0.968. The average molecular weight is 354 g/mol. The van der Waals surface area contributed by atoms with E-state index in [-0.39, 0.29) is 41.2 Å². The monoisotopic (exact) mass is 354 g/mol. The van der Waals surface area contributed by atoms with Crippen LogP contribution in [0.4, 0.5) is 0 Å². The fraction of sp³-hybridized carbons (Fsp3) is 0.625. The lowest BCUT2D eigenvalue weighted by Crippen LogP contribution is -2.43. The molecule has 2 heterocycles. The first-order valence-electron chi connectivity index (χ1n) is 8.29. The van der Waals surface area contributed by atoms with Crippen molar-refractivity contribution in [3.8, 4) is 0 Å². The predicted molar refractivity (Wildman–Crippen MR) is 87.2 cm³/mol. The van der Waals surface area contributed by atoms with Crippen LogP contribution in [0.2, 0.25) is 0 Å². The number of hydrogen-bond donors (Lipinski definition) is 1. The van der Waals surface area contributed by atoms with E-state index >= 15 is 0 Å². The van der Waals surface area contributed by atoms with E-state index in [1.165, 1.54) is 6.26 Å². The molecule has 0 aromatic carbocycles. The number of nitrogens with one attached hydrogen (secondary N) is 1. The summed E-state index contributed by atoms with van der Waals surface area (Å²) in [6.07, 6.45) is 4.72. The minimum atomic E-state index is -3.00. The number of carbonyl (C=O) groups excluding carboxylic acids is 2. The van der Waals surface area contributed by atoms with Crippen molar-refractivity contribution in [1.82, 2.24) is 10.2 Å². The molecule has 0 radical (unpaired) electrons. The van der Waals surface area contributed by atoms with Crippen molar-refractivity contribution in [3.63, 3.8) is 0 Å². The summed E-state index contributed by atoms with van der Waals surface area (Å²) in [6.45, 7) is 0.382. The molecule has 0 bridgehead atoms. The summed E-state index contributed by atoms with van der Waals surface area (Å²) in [5.74, 6) is 0.204. The number of carbonyl (C=O) groups is 2. The summed E-state index contributed by atoms with van der Waals surface area (Å²) >= 11 is 0. The molecule has 1 aromatic rings. The SMILES string of the molecule is O=C(NCCCC(=O)N(C1CC1)C1CCS(=O)(=O)C1)c1ccco1. The zero-order valence-corrected chi connectivity index (χ0v) is 14.3. The van der Waals surface area contributed by atoms with Gasteiger partial charge in [0.05, 0.1) is 17.8 Å². The molecule has 132 valence electrons. The molecule has 8 heteroatoms. The Hall–Kier alpha value is -1.83. The summed E-state index contributed by atoms with van der Waals surface area (Å²) in [5, 5.41) is 2.71. The molecule has 24 heavy (non-hydrogen) atoms. The molecule has 0 spiro atoms. The minimum Gasteiger partial charge on any atom is -0.459 e. The molecule has 1 aliphatic carbocycles. The molecule has 1 aliphatic heterocycles. The number of amides is 2. The van der Waals surface area contributed by atoms with Crippen LogP contribution in [0.5, 0.6) is 0 Å². The highest BCUT2D eigenvalue weighted by Crippen LogP contribution is 2.32. The van der Waals surface area contributed by atoms with E-state index in [0.717, 1.165) is 12.8 Å². The van der Waals surface area contributed by atoms with Crippen LogP contribution in [0.15, 0.2) is 22.8 Å². The van der Waals surface area contributed by atoms with Crippen LogP contribution in [0, 0.1) is 0 Å². The third-order valence-electron chi connectivity index (χ3n) is 4.43. The molecule has 1 atom stereocenters. The van der Waals surface area contributed by atoms with Crippen molar-refractivity contribution >= 4 is 21.7 Å². The second-order valence-corrected chi connectivity index (χ2v) is 8.65. The Balaban J connectivity index is 1.45. The largest absolute Gasteiger partial charge is 0.459 e. The van der Waals surface area contributed by atoms with Gasteiger partial charge in [-0.2, -0.15) is 0 Å². The van der Waals surface area contributed by atoms with Crippen molar-refractivity contribution in [2.75, 3.05) is 18.1 Å². The van der Waals surface area contributed by atoms with Crippen LogP contribution in [0.3, 0.4) is 0 Å². The summed E-state index contributed by atoms with van der Waals surface area (Å²) in [6, 6.07) is 3.25. The second-order valence-electron chi connectivity index (χ2n) is 6.43. The Morgan fingerprint density at radius 1 is 1.25 bits per heavy atom. The molecule has 1 unspecified atom stereocenters. The Morgan fingerprint density at radius 3 is 2.62 bits per heavy atom. The Kier molecular flexibility index (Phi) is 4.93. The first-order chi connectivity index (χ1) is 11.5. The van der Waals surface area contributed by atoms with Crippen LogP contribution in [0.25, 0.3) is 0 Å². The molecule has 3 rings (SSSR count). The quantitative estimate of drug-likeness (QED) is 0.736. The van der Waals surface area contributed by atoms with Crippen LogP contribution in [-0.2, 0) is 14.6 Å². The van der Waals surface area contributed by atoms with Gasteiger partial charge in [0.2, 0.25) is 5.91 Å². The molecule has 1 N–H and O–H groups in total. The zero-order valence-electron chi connectivity index (χ0n) is 13.4. The molecule has 7 nitrogen and oxygen atoms in total. The zero-order chi connectivity index (χ0) is 17.2. The van der Waals surface area contributed by atoms with E-state index in [2.05, 4.69) is 5.32 Å². The minimum absolute atomic E-state index is 0.00755. The van der Waals surface area contributed by atoms with Crippen molar-refractivity contribution in [3.05, 3.63) is 24.2 Å². The van der Waals surface area contributed by atoms with Gasteiger partial charge in [0.25, 0.3) is 5.91 Å². The van der Waals surface area contributed by atoms with Crippen LogP contribution in [-0.4, -0.2) is 55.3 Å². The number of furan rings is 1. The van der Waals surface area contributed by atoms with Crippen molar-refractivity contribution in [2.45, 2.75) is 44.2 Å². The van der Waals surface area contributed by atoms with Gasteiger partial charge in [0.1, 0.15) is 0 Å². The molecule has 1 saturated heterocycles. The van der Waals surface area contributed by atoms with E-state index < -0.39 is 9.84 Å². The van der Waals surface area contributed by atoms with E-state index in [4.69, 9.17) is 4.42 Å². The van der Waals surface area contributed by atoms with Crippen LogP contribution < -0.4 is 5.32 Å². The molecular formula is C16H22N2O5S. The summed E-state index contributed by atoms with van der Waals surface area (Å²) in [7, 11) is -3.00. The van der Waals surface area contributed by atoms with Gasteiger partial charge in [-0.25, -0.2) is 8.42 Å². The van der Waals surface area contributed by atoms with Crippen molar-refractivity contribution in [2.24, 2.45) is 0 Å². The van der Waals surface area contributed by atoms with Gasteiger partial charge in [0.15, 0.2) is 15.6 Å². The molecule has 2 amide bonds. The van der Waals surface area contributed by atoms with Crippen molar-refractivity contribution in [1.29, 1.82) is 0 Å². The third-order valence-corrected chi connectivity index (χ3v) is 6.18. The van der Waals surface area contributed by atoms with E-state index in [9.17, 15) is 18.0 Å². The Morgan fingerprint density at radius 2 is 2.04 bits per heavy atom.